The Morgan fingerprint density at radius 1 is 0.930 bits per heavy atom. The van der Waals surface area contributed by atoms with Gasteiger partial charge in [0.1, 0.15) is 11.9 Å². The lowest BCUT2D eigenvalue weighted by molar-refractivity contribution is -0.278. The number of fused-ring (bicyclic) bond motifs is 7. The summed E-state index contributed by atoms with van der Waals surface area (Å²) in [5.41, 5.74) is 2.53. The Balaban J connectivity index is 1.42. The largest absolute Gasteiger partial charge is 0.508 e. The van der Waals surface area contributed by atoms with Crippen LogP contribution in [0.15, 0.2) is 42.5 Å². The van der Waals surface area contributed by atoms with Crippen molar-refractivity contribution in [2.45, 2.75) is 118 Å². The summed E-state index contributed by atoms with van der Waals surface area (Å²) in [4.78, 5) is 13.7. The van der Waals surface area contributed by atoms with Crippen LogP contribution >= 0.6 is 0 Å². The fourth-order valence-corrected chi connectivity index (χ4v) is 12.6. The number of phenolic OH excluding ortho intramolecular Hbond substituents is 1. The molecular weight excluding hydrogens is 532 g/mol. The predicted molar refractivity (Wildman–Crippen MR) is 173 cm³/mol. The van der Waals surface area contributed by atoms with Crippen molar-refractivity contribution >= 4 is 12.0 Å². The zero-order valence-corrected chi connectivity index (χ0v) is 27.8. The number of esters is 1. The molecule has 5 aliphatic carbocycles. The van der Waals surface area contributed by atoms with E-state index in [4.69, 9.17) is 4.74 Å². The Morgan fingerprint density at radius 3 is 2.30 bits per heavy atom. The molecule has 43 heavy (non-hydrogen) atoms. The Kier molecular flexibility index (Phi) is 7.36. The van der Waals surface area contributed by atoms with Gasteiger partial charge in [0.2, 0.25) is 0 Å². The molecule has 0 heterocycles. The van der Waals surface area contributed by atoms with E-state index in [0.717, 1.165) is 37.7 Å². The molecule has 1 aromatic rings. The molecule has 2 N–H and O–H groups in total. The van der Waals surface area contributed by atoms with Crippen LogP contribution in [0.4, 0.5) is 0 Å². The second-order valence-corrected chi connectivity index (χ2v) is 17.2. The molecule has 0 aliphatic heterocycles. The van der Waals surface area contributed by atoms with Crippen molar-refractivity contribution < 1.29 is 19.7 Å². The van der Waals surface area contributed by atoms with Gasteiger partial charge in [0, 0.05) is 12.0 Å². The van der Waals surface area contributed by atoms with Gasteiger partial charge < -0.3 is 14.9 Å². The SMILES string of the molecule is C=C(C)[C@@H]1CC[C@]2(C)CC[C@]3(C)[C@H](C[C@@H](OC(=O)/C=C/c4ccc(O)cc4)[C@@H]4[C@@]5(C)CCC(O)C(C)(C)C5CC[C@]43C)[C@@H]12. The molecule has 0 spiro atoms. The number of rotatable bonds is 4. The Bertz CT molecular complexity index is 1290. The van der Waals surface area contributed by atoms with Gasteiger partial charge >= 0.3 is 5.97 Å². The van der Waals surface area contributed by atoms with Gasteiger partial charge in [-0.05, 0) is 139 Å². The summed E-state index contributed by atoms with van der Waals surface area (Å²) < 4.78 is 6.69. The second kappa shape index (κ2) is 10.2. The van der Waals surface area contributed by atoms with E-state index < -0.39 is 0 Å². The minimum atomic E-state index is -0.290. The smallest absolute Gasteiger partial charge is 0.331 e. The maximum absolute atomic E-state index is 13.7. The monoisotopic (exact) mass is 588 g/mol. The van der Waals surface area contributed by atoms with Gasteiger partial charge in [-0.1, -0.05) is 65.8 Å². The Hall–Kier alpha value is -2.07. The number of hydrogen-bond acceptors (Lipinski definition) is 4. The highest BCUT2D eigenvalue weighted by molar-refractivity contribution is 5.87. The van der Waals surface area contributed by atoms with E-state index >= 15 is 0 Å². The number of allylic oxidation sites excluding steroid dienone is 1. The number of phenols is 1. The first-order valence-electron chi connectivity index (χ1n) is 17.1. The summed E-state index contributed by atoms with van der Waals surface area (Å²) in [5, 5.41) is 20.9. The minimum absolute atomic E-state index is 0.0144. The number of aliphatic hydroxyl groups is 1. The topological polar surface area (TPSA) is 66.8 Å². The first kappa shape index (κ1) is 30.9. The van der Waals surface area contributed by atoms with Gasteiger partial charge in [-0.25, -0.2) is 4.79 Å². The fraction of sp³-hybridized carbons (Fsp3) is 0.718. The fourth-order valence-electron chi connectivity index (χ4n) is 12.6. The van der Waals surface area contributed by atoms with Gasteiger partial charge in [-0.15, -0.1) is 0 Å². The van der Waals surface area contributed by atoms with Crippen molar-refractivity contribution in [3.05, 3.63) is 48.1 Å². The summed E-state index contributed by atoms with van der Waals surface area (Å²) in [5.74, 6) is 2.17. The highest BCUT2D eigenvalue weighted by Crippen LogP contribution is 2.77. The number of hydrogen-bond donors (Lipinski definition) is 2. The van der Waals surface area contributed by atoms with Crippen LogP contribution in [0.1, 0.15) is 112 Å². The van der Waals surface area contributed by atoms with E-state index in [1.165, 1.54) is 31.3 Å². The number of benzene rings is 1. The molecule has 4 heteroatoms. The third-order valence-electron chi connectivity index (χ3n) is 15.0. The van der Waals surface area contributed by atoms with Crippen LogP contribution in [0.2, 0.25) is 0 Å². The first-order chi connectivity index (χ1) is 20.1. The van der Waals surface area contributed by atoms with Crippen LogP contribution in [-0.2, 0) is 9.53 Å². The highest BCUT2D eigenvalue weighted by atomic mass is 16.5. The molecule has 5 aliphatic rings. The molecule has 5 saturated carbocycles. The molecule has 4 nitrogen and oxygen atoms in total. The zero-order valence-electron chi connectivity index (χ0n) is 27.8. The molecule has 6 rings (SSSR count). The van der Waals surface area contributed by atoms with E-state index in [-0.39, 0.29) is 51.5 Å². The van der Waals surface area contributed by atoms with Gasteiger partial charge in [-0.3, -0.25) is 0 Å². The van der Waals surface area contributed by atoms with E-state index in [2.05, 4.69) is 55.0 Å². The van der Waals surface area contributed by atoms with Crippen molar-refractivity contribution in [3.63, 3.8) is 0 Å². The summed E-state index contributed by atoms with van der Waals surface area (Å²) in [6, 6.07) is 6.90. The summed E-state index contributed by atoms with van der Waals surface area (Å²) >= 11 is 0. The summed E-state index contributed by atoms with van der Waals surface area (Å²) in [6.45, 7) is 21.5. The van der Waals surface area contributed by atoms with Crippen molar-refractivity contribution in [2.75, 3.05) is 0 Å². The van der Waals surface area contributed by atoms with Crippen molar-refractivity contribution in [2.24, 2.45) is 56.7 Å². The molecule has 236 valence electrons. The molecule has 5 fully saturated rings. The number of aromatic hydroxyl groups is 1. The van der Waals surface area contributed by atoms with Crippen LogP contribution < -0.4 is 0 Å². The molecule has 0 bridgehead atoms. The third-order valence-corrected chi connectivity index (χ3v) is 15.0. The van der Waals surface area contributed by atoms with E-state index in [0.29, 0.717) is 29.1 Å². The zero-order chi connectivity index (χ0) is 31.2. The van der Waals surface area contributed by atoms with Crippen molar-refractivity contribution in [3.8, 4) is 5.75 Å². The van der Waals surface area contributed by atoms with Gasteiger partial charge in [0.15, 0.2) is 0 Å². The Morgan fingerprint density at radius 2 is 1.63 bits per heavy atom. The standard InChI is InChI=1S/C39H56O4/c1-24(2)27-15-18-36(5)21-22-38(7)28(33(27)36)23-29(43-32(42)14-11-25-9-12-26(40)13-10-25)34-37(6)19-17-31(41)35(3,4)30(37)16-20-39(34,38)8/h9-14,27-31,33-34,40-41H,1,15-23H2,2-8H3/b14-11+/t27-,28+,29+,30?,31?,33+,34+,36+,37-,38+,39+/m0/s1. The number of ether oxygens (including phenoxy) is 1. The predicted octanol–water partition coefficient (Wildman–Crippen LogP) is 8.97. The average molecular weight is 589 g/mol. The number of carbonyl (C=O) groups excluding carboxylic acids is 1. The second-order valence-electron chi connectivity index (χ2n) is 17.2. The van der Waals surface area contributed by atoms with Crippen LogP contribution in [0, 0.1) is 56.7 Å². The maximum atomic E-state index is 13.7. The average Bonchev–Trinajstić information content (AvgIpc) is 3.29. The van der Waals surface area contributed by atoms with Crippen LogP contribution in [0.25, 0.3) is 6.08 Å². The molecule has 0 amide bonds. The lowest BCUT2D eigenvalue weighted by Crippen LogP contribution is -2.70. The molecule has 0 saturated heterocycles. The lowest BCUT2D eigenvalue weighted by atomic mass is 9.31. The molecule has 0 aromatic heterocycles. The van der Waals surface area contributed by atoms with E-state index in [1.54, 1.807) is 24.3 Å². The molecule has 0 radical (unpaired) electrons. The Labute approximate surface area is 260 Å². The van der Waals surface area contributed by atoms with Gasteiger partial charge in [-0.2, -0.15) is 0 Å². The van der Waals surface area contributed by atoms with E-state index in [1.807, 2.05) is 12.1 Å². The molecule has 1 aromatic carbocycles. The third kappa shape index (κ3) is 4.50. The number of aliphatic hydroxyl groups excluding tert-OH is 1. The normalized spacial score (nSPS) is 46.7. The van der Waals surface area contributed by atoms with Crippen LogP contribution in [0.5, 0.6) is 5.75 Å². The number of carbonyl (C=O) groups is 1. The van der Waals surface area contributed by atoms with Crippen LogP contribution in [0.3, 0.4) is 0 Å². The van der Waals surface area contributed by atoms with Crippen LogP contribution in [-0.4, -0.2) is 28.4 Å². The molecule has 2 unspecified atom stereocenters. The molecular formula is C39H56O4. The quantitative estimate of drug-likeness (QED) is 0.209. The van der Waals surface area contributed by atoms with Crippen molar-refractivity contribution in [1.82, 2.24) is 0 Å². The highest BCUT2D eigenvalue weighted by Gasteiger charge is 2.73. The van der Waals surface area contributed by atoms with Gasteiger partial charge in [0.05, 0.1) is 6.10 Å². The summed E-state index contributed by atoms with van der Waals surface area (Å²) in [7, 11) is 0. The van der Waals surface area contributed by atoms with Gasteiger partial charge in [0.25, 0.3) is 0 Å². The lowest BCUT2D eigenvalue weighted by Gasteiger charge is -2.73. The summed E-state index contributed by atoms with van der Waals surface area (Å²) in [6.07, 6.45) is 12.9. The van der Waals surface area contributed by atoms with E-state index in [9.17, 15) is 15.0 Å². The first-order valence-corrected chi connectivity index (χ1v) is 17.1. The molecule has 11 atom stereocenters. The maximum Gasteiger partial charge on any atom is 0.331 e. The minimum Gasteiger partial charge on any atom is -0.508 e. The van der Waals surface area contributed by atoms with Crippen molar-refractivity contribution in [1.29, 1.82) is 0 Å².